The molecule has 1 N–H and O–H groups in total. The smallest absolute Gasteiger partial charge is 0.458 e. The third kappa shape index (κ3) is 5.57. The zero-order valence-corrected chi connectivity index (χ0v) is 20.4. The summed E-state index contributed by atoms with van der Waals surface area (Å²) in [6, 6.07) is 2.20. The number of ether oxygens (including phenoxy) is 1. The lowest BCUT2D eigenvalue weighted by atomic mass is 9.96. The van der Waals surface area contributed by atoms with Gasteiger partial charge in [-0.15, -0.1) is 0 Å². The molecule has 1 aromatic carbocycles. The average Bonchev–Trinajstić information content (AvgIpc) is 3.25. The molecule has 3 aromatic rings. The standard InChI is InChI=1S/C23H19F7N4O3S/c1-34-6-4-11(5-7-34)19(35)33-20(36)17-13(24)2-3-15(18(17)25)37-10-16-32-14-8-12(9-31-21(14)38-16)22(26,27)23(28,29)30/h2-3,8-9,11H,4-7,10H2,1H3,(H,33,35,36). The van der Waals surface area contributed by atoms with Gasteiger partial charge in [0.1, 0.15) is 33.3 Å². The SMILES string of the molecule is CN1CCC(C(=O)NC(=O)c2c(F)ccc(OCc3nc4cc(C(F)(F)C(F)(F)F)cnc4s3)c2F)CC1. The molecule has 38 heavy (non-hydrogen) atoms. The van der Waals surface area contributed by atoms with Gasteiger partial charge in [0, 0.05) is 12.1 Å². The number of thiazole rings is 1. The highest BCUT2D eigenvalue weighted by atomic mass is 32.1. The Kier molecular flexibility index (Phi) is 7.61. The van der Waals surface area contributed by atoms with Crippen LogP contribution in [0.25, 0.3) is 10.3 Å². The Hall–Kier alpha value is -3.33. The molecule has 1 aliphatic heterocycles. The number of amides is 2. The van der Waals surface area contributed by atoms with Crippen molar-refractivity contribution in [3.63, 3.8) is 0 Å². The van der Waals surface area contributed by atoms with Crippen LogP contribution >= 0.6 is 11.3 Å². The zero-order valence-electron chi connectivity index (χ0n) is 19.5. The van der Waals surface area contributed by atoms with E-state index in [1.165, 1.54) is 0 Å². The van der Waals surface area contributed by atoms with Crippen molar-refractivity contribution in [2.24, 2.45) is 5.92 Å². The van der Waals surface area contributed by atoms with E-state index in [0.29, 0.717) is 38.2 Å². The van der Waals surface area contributed by atoms with E-state index in [9.17, 15) is 40.3 Å². The van der Waals surface area contributed by atoms with Crippen molar-refractivity contribution in [2.45, 2.75) is 31.5 Å². The van der Waals surface area contributed by atoms with Crippen molar-refractivity contribution in [2.75, 3.05) is 20.1 Å². The van der Waals surface area contributed by atoms with E-state index < -0.39 is 64.9 Å². The molecular formula is C23H19F7N4O3S. The molecule has 2 aromatic heterocycles. The quantitative estimate of drug-likeness (QED) is 0.342. The number of nitrogens with zero attached hydrogens (tertiary/aromatic N) is 3. The second-order valence-electron chi connectivity index (χ2n) is 8.65. The van der Waals surface area contributed by atoms with Crippen molar-refractivity contribution in [3.8, 4) is 5.75 Å². The van der Waals surface area contributed by atoms with Crippen molar-refractivity contribution in [1.29, 1.82) is 0 Å². The largest absolute Gasteiger partial charge is 0.483 e. The van der Waals surface area contributed by atoms with Gasteiger partial charge in [0.15, 0.2) is 11.6 Å². The maximum absolute atomic E-state index is 15.0. The topological polar surface area (TPSA) is 84.4 Å². The molecule has 1 fully saturated rings. The van der Waals surface area contributed by atoms with Gasteiger partial charge in [-0.1, -0.05) is 11.3 Å². The van der Waals surface area contributed by atoms with Crippen LogP contribution in [0.3, 0.4) is 0 Å². The number of carbonyl (C=O) groups excluding carboxylic acids is 2. The highest BCUT2D eigenvalue weighted by Crippen LogP contribution is 2.44. The number of pyridine rings is 1. The summed E-state index contributed by atoms with van der Waals surface area (Å²) in [5.41, 5.74) is -2.69. The van der Waals surface area contributed by atoms with Gasteiger partial charge < -0.3 is 9.64 Å². The second-order valence-corrected chi connectivity index (χ2v) is 9.71. The fourth-order valence-electron chi connectivity index (χ4n) is 3.80. The van der Waals surface area contributed by atoms with Gasteiger partial charge in [-0.3, -0.25) is 14.9 Å². The first-order valence-corrected chi connectivity index (χ1v) is 11.9. The number of imide groups is 1. The number of nitrogens with one attached hydrogen (secondary N) is 1. The van der Waals surface area contributed by atoms with Crippen LogP contribution in [0.2, 0.25) is 0 Å². The molecule has 4 rings (SSSR count). The number of hydrogen-bond acceptors (Lipinski definition) is 7. The van der Waals surface area contributed by atoms with E-state index in [1.54, 1.807) is 0 Å². The van der Waals surface area contributed by atoms with E-state index in [-0.39, 0.29) is 15.4 Å². The monoisotopic (exact) mass is 564 g/mol. The molecule has 3 heterocycles. The maximum atomic E-state index is 15.0. The third-order valence-corrected chi connectivity index (χ3v) is 6.92. The summed E-state index contributed by atoms with van der Waals surface area (Å²) in [5.74, 6) is -10.7. The van der Waals surface area contributed by atoms with E-state index in [1.807, 2.05) is 17.3 Å². The Balaban J connectivity index is 1.48. The number of likely N-dealkylation sites (tertiary alicyclic amines) is 1. The lowest BCUT2D eigenvalue weighted by Crippen LogP contribution is -2.41. The molecule has 2 amide bonds. The minimum absolute atomic E-state index is 0.0254. The first-order valence-electron chi connectivity index (χ1n) is 11.1. The second kappa shape index (κ2) is 10.4. The molecule has 0 bridgehead atoms. The molecule has 0 aliphatic carbocycles. The van der Waals surface area contributed by atoms with Gasteiger partial charge in [0.2, 0.25) is 5.91 Å². The summed E-state index contributed by atoms with van der Waals surface area (Å²) in [7, 11) is 1.88. The molecule has 1 saturated heterocycles. The number of fused-ring (bicyclic) bond motifs is 1. The Morgan fingerprint density at radius 2 is 1.84 bits per heavy atom. The minimum atomic E-state index is -5.83. The van der Waals surface area contributed by atoms with Gasteiger partial charge in [0.05, 0.1) is 5.56 Å². The van der Waals surface area contributed by atoms with Crippen molar-refractivity contribution in [1.82, 2.24) is 20.2 Å². The molecule has 204 valence electrons. The first kappa shape index (κ1) is 27.7. The summed E-state index contributed by atoms with van der Waals surface area (Å²) in [5, 5.41) is 2.05. The zero-order chi connectivity index (χ0) is 27.8. The number of halogens is 7. The first-order chi connectivity index (χ1) is 17.8. The predicted molar refractivity (Wildman–Crippen MR) is 121 cm³/mol. The Morgan fingerprint density at radius 3 is 2.50 bits per heavy atom. The van der Waals surface area contributed by atoms with Crippen LogP contribution in [0.1, 0.15) is 33.8 Å². The Morgan fingerprint density at radius 1 is 1.16 bits per heavy atom. The van der Waals surface area contributed by atoms with Gasteiger partial charge in [-0.25, -0.2) is 18.7 Å². The number of hydrogen-bond donors (Lipinski definition) is 1. The number of aromatic nitrogens is 2. The number of rotatable bonds is 6. The Labute approximate surface area is 214 Å². The molecule has 7 nitrogen and oxygen atoms in total. The number of piperidine rings is 1. The molecule has 0 atom stereocenters. The predicted octanol–water partition coefficient (Wildman–Crippen LogP) is 4.80. The fraction of sp³-hybridized carbons (Fsp3) is 0.391. The van der Waals surface area contributed by atoms with Gasteiger partial charge >= 0.3 is 12.1 Å². The molecular weight excluding hydrogens is 545 g/mol. The van der Waals surface area contributed by atoms with Crippen LogP contribution in [-0.2, 0) is 17.3 Å². The van der Waals surface area contributed by atoms with Gasteiger partial charge in [-0.05, 0) is 51.2 Å². The van der Waals surface area contributed by atoms with Crippen molar-refractivity contribution in [3.05, 3.63) is 52.2 Å². The van der Waals surface area contributed by atoms with Gasteiger partial charge in [-0.2, -0.15) is 22.0 Å². The average molecular weight is 564 g/mol. The summed E-state index contributed by atoms with van der Waals surface area (Å²) < 4.78 is 99.7. The lowest BCUT2D eigenvalue weighted by molar-refractivity contribution is -0.289. The van der Waals surface area contributed by atoms with Gasteiger partial charge in [0.25, 0.3) is 5.91 Å². The summed E-state index contributed by atoms with van der Waals surface area (Å²) in [6.07, 6.45) is -4.48. The van der Waals surface area contributed by atoms with Crippen molar-refractivity contribution < 1.29 is 45.1 Å². The van der Waals surface area contributed by atoms with E-state index in [4.69, 9.17) is 4.74 Å². The molecule has 0 spiro atoms. The van der Waals surface area contributed by atoms with E-state index >= 15 is 0 Å². The highest BCUT2D eigenvalue weighted by molar-refractivity contribution is 7.18. The highest BCUT2D eigenvalue weighted by Gasteiger charge is 2.59. The Bertz CT molecular complexity index is 1370. The normalized spacial score (nSPS) is 15.6. The van der Waals surface area contributed by atoms with Crippen LogP contribution in [-0.4, -0.2) is 53.0 Å². The van der Waals surface area contributed by atoms with Crippen LogP contribution in [0.4, 0.5) is 30.7 Å². The van der Waals surface area contributed by atoms with Crippen molar-refractivity contribution >= 4 is 33.5 Å². The van der Waals surface area contributed by atoms with Crippen LogP contribution in [0, 0.1) is 17.6 Å². The maximum Gasteiger partial charge on any atom is 0.458 e. The molecule has 15 heteroatoms. The lowest BCUT2D eigenvalue weighted by Gasteiger charge is -2.27. The third-order valence-electron chi connectivity index (χ3n) is 5.97. The van der Waals surface area contributed by atoms with E-state index in [2.05, 4.69) is 9.97 Å². The summed E-state index contributed by atoms with van der Waals surface area (Å²) in [4.78, 5) is 34.4. The van der Waals surface area contributed by atoms with Crippen LogP contribution < -0.4 is 10.1 Å². The molecule has 1 aliphatic rings. The number of alkyl halides is 5. The number of carbonyl (C=O) groups is 2. The number of benzene rings is 1. The fourth-order valence-corrected chi connectivity index (χ4v) is 4.60. The van der Waals surface area contributed by atoms with Crippen LogP contribution in [0.5, 0.6) is 5.75 Å². The molecule has 0 unspecified atom stereocenters. The minimum Gasteiger partial charge on any atom is -0.483 e. The molecule has 0 saturated carbocycles. The van der Waals surface area contributed by atoms with E-state index in [0.717, 1.165) is 23.5 Å². The summed E-state index contributed by atoms with van der Waals surface area (Å²) in [6.45, 7) is 0.765. The summed E-state index contributed by atoms with van der Waals surface area (Å²) >= 11 is 0.790. The molecule has 0 radical (unpaired) electrons. The van der Waals surface area contributed by atoms with Crippen LogP contribution in [0.15, 0.2) is 24.4 Å².